The van der Waals surface area contributed by atoms with Gasteiger partial charge < -0.3 is 9.47 Å². The lowest BCUT2D eigenvalue weighted by Crippen LogP contribution is -2.21. The summed E-state index contributed by atoms with van der Waals surface area (Å²) in [5.41, 5.74) is -2.31. The number of rotatable bonds is 5. The normalized spacial score (nSPS) is 11.2. The maximum atomic E-state index is 13.0. The van der Waals surface area contributed by atoms with Gasteiger partial charge in [0, 0.05) is 5.56 Å². The Labute approximate surface area is 122 Å². The summed E-state index contributed by atoms with van der Waals surface area (Å²) in [6.45, 7) is 1.46. The number of nitriles is 1. The van der Waals surface area contributed by atoms with Crippen LogP contribution in [0.3, 0.4) is 0 Å². The number of carbonyl (C=O) groups excluding carboxylic acids is 1. The molecule has 0 amide bonds. The highest BCUT2D eigenvalue weighted by molar-refractivity contribution is 5.74. The second-order valence-electron chi connectivity index (χ2n) is 3.96. The first-order valence-corrected chi connectivity index (χ1v) is 5.95. The molecule has 0 aliphatic rings. The second kappa shape index (κ2) is 7.06. The molecule has 0 saturated heterocycles. The Morgan fingerprint density at radius 1 is 1.36 bits per heavy atom. The lowest BCUT2D eigenvalue weighted by molar-refractivity contribution is -0.275. The largest absolute Gasteiger partial charge is 0.573 e. The van der Waals surface area contributed by atoms with Gasteiger partial charge in [-0.05, 0) is 13.0 Å². The first-order chi connectivity index (χ1) is 10.2. The van der Waals surface area contributed by atoms with Gasteiger partial charge in [-0.15, -0.1) is 13.2 Å². The van der Waals surface area contributed by atoms with E-state index in [4.69, 9.17) is 5.26 Å². The molecule has 0 saturated carbocycles. The molecule has 0 atom stereocenters. The second-order valence-corrected chi connectivity index (χ2v) is 3.96. The van der Waals surface area contributed by atoms with E-state index in [1.54, 1.807) is 0 Å². The number of nitrogens with zero attached hydrogens (tertiary/aromatic N) is 1. The summed E-state index contributed by atoms with van der Waals surface area (Å²) in [6.07, 6.45) is -9.32. The molecule has 0 radical (unpaired) electrons. The molecule has 0 bridgehead atoms. The number of ether oxygens (including phenoxy) is 2. The summed E-state index contributed by atoms with van der Waals surface area (Å²) >= 11 is 0. The number of hydrogen-bond donors (Lipinski definition) is 0. The molecule has 1 aromatic carbocycles. The van der Waals surface area contributed by atoms with Crippen molar-refractivity contribution in [3.63, 3.8) is 0 Å². The lowest BCUT2D eigenvalue weighted by atomic mass is 10.0. The fourth-order valence-corrected chi connectivity index (χ4v) is 1.70. The average Bonchev–Trinajstić information content (AvgIpc) is 2.38. The zero-order valence-electron chi connectivity index (χ0n) is 11.2. The highest BCUT2D eigenvalue weighted by Crippen LogP contribution is 2.38. The average molecular weight is 323 g/mol. The van der Waals surface area contributed by atoms with Gasteiger partial charge in [0.2, 0.25) is 0 Å². The Bertz CT molecular complexity index is 593. The molecule has 0 fully saturated rings. The molecule has 1 rings (SSSR count). The van der Waals surface area contributed by atoms with Gasteiger partial charge in [-0.1, -0.05) is 6.07 Å². The number of alkyl halides is 5. The predicted molar refractivity (Wildman–Crippen MR) is 63.1 cm³/mol. The Hall–Kier alpha value is -2.37. The molecule has 0 aliphatic heterocycles. The summed E-state index contributed by atoms with van der Waals surface area (Å²) in [7, 11) is 0. The molecule has 0 unspecified atom stereocenters. The Kier molecular flexibility index (Phi) is 5.68. The molecule has 1 aromatic rings. The van der Waals surface area contributed by atoms with Crippen LogP contribution in [-0.4, -0.2) is 18.9 Å². The lowest BCUT2D eigenvalue weighted by Gasteiger charge is -2.17. The van der Waals surface area contributed by atoms with E-state index in [1.165, 1.54) is 13.0 Å². The van der Waals surface area contributed by atoms with E-state index in [0.29, 0.717) is 0 Å². The Morgan fingerprint density at radius 3 is 2.45 bits per heavy atom. The first kappa shape index (κ1) is 17.7. The van der Waals surface area contributed by atoms with E-state index in [2.05, 4.69) is 9.47 Å². The van der Waals surface area contributed by atoms with Gasteiger partial charge in [-0.25, -0.2) is 8.78 Å². The van der Waals surface area contributed by atoms with E-state index in [9.17, 15) is 26.7 Å². The zero-order chi connectivity index (χ0) is 16.9. The maximum absolute atomic E-state index is 13.0. The molecular formula is C13H10F5NO3. The molecule has 0 aliphatic carbocycles. The van der Waals surface area contributed by atoms with Gasteiger partial charge in [0.1, 0.15) is 5.75 Å². The Morgan fingerprint density at radius 2 is 2.00 bits per heavy atom. The maximum Gasteiger partial charge on any atom is 0.573 e. The van der Waals surface area contributed by atoms with Gasteiger partial charge in [-0.3, -0.25) is 4.79 Å². The van der Waals surface area contributed by atoms with Crippen molar-refractivity contribution in [1.29, 1.82) is 5.26 Å². The van der Waals surface area contributed by atoms with Gasteiger partial charge >= 0.3 is 12.3 Å². The number of carbonyl (C=O) groups is 1. The van der Waals surface area contributed by atoms with Crippen molar-refractivity contribution in [2.24, 2.45) is 0 Å². The summed E-state index contributed by atoms with van der Waals surface area (Å²) < 4.78 is 71.4. The van der Waals surface area contributed by atoms with Crippen LogP contribution in [0.5, 0.6) is 5.75 Å². The predicted octanol–water partition coefficient (Wildman–Crippen LogP) is 3.50. The van der Waals surface area contributed by atoms with E-state index >= 15 is 0 Å². The van der Waals surface area contributed by atoms with Crippen molar-refractivity contribution >= 4 is 5.97 Å². The molecule has 0 spiro atoms. The fourth-order valence-electron chi connectivity index (χ4n) is 1.70. The highest BCUT2D eigenvalue weighted by atomic mass is 19.4. The van der Waals surface area contributed by atoms with E-state index < -0.39 is 47.6 Å². The van der Waals surface area contributed by atoms with Gasteiger partial charge in [0.05, 0.1) is 30.2 Å². The van der Waals surface area contributed by atoms with Crippen molar-refractivity contribution in [2.75, 3.05) is 6.61 Å². The van der Waals surface area contributed by atoms with Crippen molar-refractivity contribution in [1.82, 2.24) is 0 Å². The van der Waals surface area contributed by atoms with E-state index in [0.717, 1.165) is 12.1 Å². The molecule has 22 heavy (non-hydrogen) atoms. The van der Waals surface area contributed by atoms with Crippen LogP contribution in [-0.2, 0) is 16.0 Å². The topological polar surface area (TPSA) is 59.3 Å². The third kappa shape index (κ3) is 4.58. The minimum absolute atomic E-state index is 0.0215. The third-order valence-electron chi connectivity index (χ3n) is 2.47. The van der Waals surface area contributed by atoms with Crippen molar-refractivity contribution in [3.8, 4) is 11.8 Å². The van der Waals surface area contributed by atoms with Crippen LogP contribution in [0.1, 0.15) is 30.0 Å². The van der Waals surface area contributed by atoms with Crippen LogP contribution >= 0.6 is 0 Å². The summed E-state index contributed by atoms with van der Waals surface area (Å²) in [6, 6.07) is 3.21. The third-order valence-corrected chi connectivity index (χ3v) is 2.47. The van der Waals surface area contributed by atoms with Crippen LogP contribution < -0.4 is 4.74 Å². The smallest absolute Gasteiger partial charge is 0.466 e. The zero-order valence-corrected chi connectivity index (χ0v) is 11.2. The van der Waals surface area contributed by atoms with Crippen molar-refractivity contribution in [2.45, 2.75) is 26.1 Å². The molecule has 120 valence electrons. The van der Waals surface area contributed by atoms with Gasteiger partial charge in [0.15, 0.2) is 0 Å². The summed E-state index contributed by atoms with van der Waals surface area (Å²) in [4.78, 5) is 11.4. The van der Waals surface area contributed by atoms with E-state index in [1.807, 2.05) is 0 Å². The van der Waals surface area contributed by atoms with Crippen LogP contribution in [0.25, 0.3) is 0 Å². The first-order valence-electron chi connectivity index (χ1n) is 5.95. The van der Waals surface area contributed by atoms with Gasteiger partial charge in [0.25, 0.3) is 6.43 Å². The molecular weight excluding hydrogens is 313 g/mol. The molecule has 9 heteroatoms. The monoisotopic (exact) mass is 323 g/mol. The van der Waals surface area contributed by atoms with Gasteiger partial charge in [-0.2, -0.15) is 5.26 Å². The van der Waals surface area contributed by atoms with E-state index in [-0.39, 0.29) is 6.61 Å². The SMILES string of the molecule is CCOC(=O)Cc1ccc(C#N)c(C(F)F)c1OC(F)(F)F. The van der Waals surface area contributed by atoms with Crippen LogP contribution in [0.4, 0.5) is 22.0 Å². The minimum Gasteiger partial charge on any atom is -0.466 e. The molecule has 0 heterocycles. The number of hydrogen-bond acceptors (Lipinski definition) is 4. The van der Waals surface area contributed by atoms with Crippen molar-refractivity contribution < 1.29 is 36.2 Å². The highest BCUT2D eigenvalue weighted by Gasteiger charge is 2.36. The molecule has 0 aromatic heterocycles. The van der Waals surface area contributed by atoms with Crippen LogP contribution in [0.15, 0.2) is 12.1 Å². The Balaban J connectivity index is 3.40. The minimum atomic E-state index is -5.25. The quantitative estimate of drug-likeness (QED) is 0.615. The van der Waals surface area contributed by atoms with Crippen molar-refractivity contribution in [3.05, 3.63) is 28.8 Å². The van der Waals surface area contributed by atoms with Crippen LogP contribution in [0, 0.1) is 11.3 Å². The number of esters is 1. The molecule has 4 nitrogen and oxygen atoms in total. The van der Waals surface area contributed by atoms with Crippen LogP contribution in [0.2, 0.25) is 0 Å². The number of halogens is 5. The summed E-state index contributed by atoms with van der Waals surface area (Å²) in [5, 5.41) is 8.74. The number of benzene rings is 1. The summed E-state index contributed by atoms with van der Waals surface area (Å²) in [5.74, 6) is -2.14. The molecule has 0 N–H and O–H groups in total. The fraction of sp³-hybridized carbons (Fsp3) is 0.385. The standard InChI is InChI=1S/C13H10F5NO3/c1-2-21-9(20)5-7-3-4-8(6-19)10(12(14)15)11(7)22-13(16,17)18/h3-4,12H,2,5H2,1H3.